The van der Waals surface area contributed by atoms with Crippen molar-refractivity contribution >= 4 is 17.5 Å². The Balaban J connectivity index is 1.41. The second-order valence-electron chi connectivity index (χ2n) is 8.63. The molecular formula is C24H27ClN2O. The molecule has 0 saturated carbocycles. The molecule has 0 aromatic heterocycles. The third-order valence-corrected chi connectivity index (χ3v) is 7.31. The number of nitrogens with one attached hydrogen (secondary N) is 1. The van der Waals surface area contributed by atoms with E-state index in [2.05, 4.69) is 46.6 Å². The van der Waals surface area contributed by atoms with Crippen molar-refractivity contribution in [2.24, 2.45) is 0 Å². The Morgan fingerprint density at radius 1 is 1.14 bits per heavy atom. The minimum atomic E-state index is 0.0565. The number of hydrogen-bond donors (Lipinski definition) is 1. The van der Waals surface area contributed by atoms with Gasteiger partial charge in [-0.2, -0.15) is 0 Å². The molecule has 1 amide bonds. The van der Waals surface area contributed by atoms with Crippen LogP contribution in [0.2, 0.25) is 5.02 Å². The van der Waals surface area contributed by atoms with E-state index in [1.165, 1.54) is 22.3 Å². The first kappa shape index (κ1) is 18.2. The van der Waals surface area contributed by atoms with Crippen LogP contribution in [0.1, 0.15) is 60.8 Å². The maximum atomic E-state index is 11.7. The third kappa shape index (κ3) is 2.79. The molecule has 2 atom stereocenters. The molecule has 4 heteroatoms. The van der Waals surface area contributed by atoms with Crippen molar-refractivity contribution < 1.29 is 4.79 Å². The molecule has 5 rings (SSSR count). The number of carbonyl (C=O) groups excluding carboxylic acids is 1. The van der Waals surface area contributed by atoms with Crippen LogP contribution in [0.5, 0.6) is 0 Å². The molecule has 2 aromatic rings. The Morgan fingerprint density at radius 3 is 2.68 bits per heavy atom. The first-order valence-electron chi connectivity index (χ1n) is 10.5. The molecule has 2 aliphatic carbocycles. The van der Waals surface area contributed by atoms with Gasteiger partial charge < -0.3 is 10.2 Å². The van der Waals surface area contributed by atoms with Crippen LogP contribution < -0.4 is 5.32 Å². The summed E-state index contributed by atoms with van der Waals surface area (Å²) in [5.74, 6) is 0.675. The van der Waals surface area contributed by atoms with Gasteiger partial charge in [-0.25, -0.2) is 0 Å². The first-order chi connectivity index (χ1) is 13.6. The smallest absolute Gasteiger partial charge is 0.219 e. The molecule has 0 radical (unpaired) electrons. The second-order valence-corrected chi connectivity index (χ2v) is 9.07. The summed E-state index contributed by atoms with van der Waals surface area (Å²) < 4.78 is 0. The molecule has 2 bridgehead atoms. The number of amides is 1. The normalized spacial score (nSPS) is 26.1. The van der Waals surface area contributed by atoms with E-state index in [9.17, 15) is 4.79 Å². The van der Waals surface area contributed by atoms with Crippen molar-refractivity contribution in [1.29, 1.82) is 0 Å². The van der Waals surface area contributed by atoms with Gasteiger partial charge in [0.05, 0.1) is 0 Å². The fourth-order valence-corrected chi connectivity index (χ4v) is 5.94. The van der Waals surface area contributed by atoms with Crippen molar-refractivity contribution in [1.82, 2.24) is 10.2 Å². The zero-order chi connectivity index (χ0) is 19.3. The van der Waals surface area contributed by atoms with E-state index in [4.69, 9.17) is 11.6 Å². The number of carbonyl (C=O) groups is 1. The van der Waals surface area contributed by atoms with Crippen LogP contribution in [-0.4, -0.2) is 36.5 Å². The Morgan fingerprint density at radius 2 is 1.89 bits per heavy atom. The standard InChI is InChI=1S/C24H27ClN2O/c1-2-23(28)26-17-9-11-27(12-10-17)15-24-14-20(18-5-3-4-6-21(18)24)19-8-7-16(25)13-22(19)24/h3-8,13,17,20H,2,9-12,14-15H2,1H3,(H,26,28). The van der Waals surface area contributed by atoms with Gasteiger partial charge in [0.15, 0.2) is 0 Å². The summed E-state index contributed by atoms with van der Waals surface area (Å²) in [7, 11) is 0. The highest BCUT2D eigenvalue weighted by molar-refractivity contribution is 6.30. The molecule has 3 aliphatic rings. The molecule has 1 fully saturated rings. The number of halogens is 1. The van der Waals surface area contributed by atoms with Crippen molar-refractivity contribution in [2.75, 3.05) is 19.6 Å². The van der Waals surface area contributed by atoms with E-state index < -0.39 is 0 Å². The summed E-state index contributed by atoms with van der Waals surface area (Å²) in [6.07, 6.45) is 3.80. The zero-order valence-corrected chi connectivity index (χ0v) is 17.1. The van der Waals surface area contributed by atoms with Crippen molar-refractivity contribution in [3.8, 4) is 0 Å². The number of likely N-dealkylation sites (tertiary alicyclic amines) is 1. The molecule has 146 valence electrons. The molecule has 1 heterocycles. The van der Waals surface area contributed by atoms with Crippen LogP contribution in [0.15, 0.2) is 42.5 Å². The lowest BCUT2D eigenvalue weighted by atomic mass is 9.74. The van der Waals surface area contributed by atoms with E-state index in [0.29, 0.717) is 18.4 Å². The molecule has 1 saturated heterocycles. The number of nitrogens with zero attached hydrogens (tertiary/aromatic N) is 1. The van der Waals surface area contributed by atoms with Crippen LogP contribution in [0.3, 0.4) is 0 Å². The largest absolute Gasteiger partial charge is 0.353 e. The van der Waals surface area contributed by atoms with Crippen molar-refractivity contribution in [3.05, 3.63) is 69.7 Å². The minimum Gasteiger partial charge on any atom is -0.353 e. The Hall–Kier alpha value is -1.84. The number of fused-ring (bicyclic) bond motifs is 8. The SMILES string of the molecule is CCC(=O)NC1CCN(CC23CC(c4ccccc42)c2ccc(Cl)cc23)CC1. The van der Waals surface area contributed by atoms with Gasteiger partial charge in [-0.15, -0.1) is 0 Å². The van der Waals surface area contributed by atoms with Gasteiger partial charge in [-0.1, -0.05) is 48.9 Å². The highest BCUT2D eigenvalue weighted by atomic mass is 35.5. The highest BCUT2D eigenvalue weighted by Gasteiger charge is 2.53. The predicted octanol–water partition coefficient (Wildman–Crippen LogP) is 4.47. The van der Waals surface area contributed by atoms with Gasteiger partial charge in [0.2, 0.25) is 5.91 Å². The van der Waals surface area contributed by atoms with Gasteiger partial charge in [-0.05, 0) is 53.6 Å². The fraction of sp³-hybridized carbons (Fsp3) is 0.458. The number of piperidine rings is 1. The summed E-state index contributed by atoms with van der Waals surface area (Å²) in [5.41, 5.74) is 5.96. The van der Waals surface area contributed by atoms with E-state index in [0.717, 1.165) is 43.9 Å². The number of hydrogen-bond acceptors (Lipinski definition) is 2. The van der Waals surface area contributed by atoms with Gasteiger partial charge in [0, 0.05) is 48.5 Å². The van der Waals surface area contributed by atoms with Gasteiger partial charge in [0.25, 0.3) is 0 Å². The quantitative estimate of drug-likeness (QED) is 0.829. The predicted molar refractivity (Wildman–Crippen MR) is 113 cm³/mol. The number of benzene rings is 2. The molecular weight excluding hydrogens is 368 g/mol. The van der Waals surface area contributed by atoms with Gasteiger partial charge >= 0.3 is 0 Å². The maximum absolute atomic E-state index is 11.7. The number of rotatable bonds is 4. The summed E-state index contributed by atoms with van der Waals surface area (Å²) in [5, 5.41) is 4.01. The molecule has 1 aliphatic heterocycles. The summed E-state index contributed by atoms with van der Waals surface area (Å²) in [6, 6.07) is 15.8. The molecule has 1 N–H and O–H groups in total. The average Bonchev–Trinajstić information content (AvgIpc) is 3.21. The van der Waals surface area contributed by atoms with E-state index in [-0.39, 0.29) is 11.3 Å². The van der Waals surface area contributed by atoms with Crippen LogP contribution in [0.25, 0.3) is 0 Å². The third-order valence-electron chi connectivity index (χ3n) is 7.08. The second kappa shape index (κ2) is 6.89. The van der Waals surface area contributed by atoms with E-state index in [1.54, 1.807) is 0 Å². The lowest BCUT2D eigenvalue weighted by molar-refractivity contribution is -0.121. The monoisotopic (exact) mass is 394 g/mol. The zero-order valence-electron chi connectivity index (χ0n) is 16.4. The first-order valence-corrected chi connectivity index (χ1v) is 10.9. The lowest BCUT2D eigenvalue weighted by Crippen LogP contribution is -2.48. The van der Waals surface area contributed by atoms with Crippen LogP contribution >= 0.6 is 11.6 Å². The van der Waals surface area contributed by atoms with E-state index in [1.807, 2.05) is 13.0 Å². The molecule has 28 heavy (non-hydrogen) atoms. The van der Waals surface area contributed by atoms with E-state index >= 15 is 0 Å². The molecule has 3 nitrogen and oxygen atoms in total. The molecule has 2 aromatic carbocycles. The fourth-order valence-electron chi connectivity index (χ4n) is 5.77. The average molecular weight is 395 g/mol. The van der Waals surface area contributed by atoms with Crippen LogP contribution in [0.4, 0.5) is 0 Å². The Kier molecular flexibility index (Phi) is 4.48. The van der Waals surface area contributed by atoms with Gasteiger partial charge in [0.1, 0.15) is 0 Å². The van der Waals surface area contributed by atoms with Gasteiger partial charge in [-0.3, -0.25) is 4.79 Å². The van der Waals surface area contributed by atoms with Crippen LogP contribution in [0, 0.1) is 0 Å². The minimum absolute atomic E-state index is 0.0565. The topological polar surface area (TPSA) is 32.3 Å². The summed E-state index contributed by atoms with van der Waals surface area (Å²) in [4.78, 5) is 14.3. The summed E-state index contributed by atoms with van der Waals surface area (Å²) in [6.45, 7) is 5.04. The van der Waals surface area contributed by atoms with Crippen LogP contribution in [-0.2, 0) is 10.2 Å². The highest BCUT2D eigenvalue weighted by Crippen LogP contribution is 2.60. The van der Waals surface area contributed by atoms with Crippen molar-refractivity contribution in [3.63, 3.8) is 0 Å². The Bertz CT molecular complexity index is 919. The Labute approximate surface area is 172 Å². The molecule has 0 spiro atoms. The molecule has 2 unspecified atom stereocenters. The lowest BCUT2D eigenvalue weighted by Gasteiger charge is -2.40. The van der Waals surface area contributed by atoms with Crippen molar-refractivity contribution in [2.45, 2.75) is 50.0 Å². The maximum Gasteiger partial charge on any atom is 0.219 e. The summed E-state index contributed by atoms with van der Waals surface area (Å²) >= 11 is 6.42.